The highest BCUT2D eigenvalue weighted by Crippen LogP contribution is 2.28. The maximum Gasteiger partial charge on any atom is 0.377 e. The maximum atomic E-state index is 13.6. The Kier molecular flexibility index (Phi) is 13.5. The van der Waals surface area contributed by atoms with Gasteiger partial charge in [-0.2, -0.15) is 8.78 Å². The van der Waals surface area contributed by atoms with Gasteiger partial charge in [-0.05, 0) is 13.3 Å². The standard InChI is InChI=1S/C17H31F2IO2/c1-3-5-6-7-8-9-10-11-12-13-15(20)14-17(18,19)16(21)22-4-2/h15H,3-14H2,1-2H3. The van der Waals surface area contributed by atoms with E-state index in [9.17, 15) is 13.6 Å². The molecule has 0 amide bonds. The van der Waals surface area contributed by atoms with Gasteiger partial charge in [0.15, 0.2) is 0 Å². The van der Waals surface area contributed by atoms with Gasteiger partial charge < -0.3 is 4.74 Å². The van der Waals surface area contributed by atoms with Crippen LogP contribution in [0, 0.1) is 0 Å². The van der Waals surface area contributed by atoms with Gasteiger partial charge in [0.2, 0.25) is 0 Å². The van der Waals surface area contributed by atoms with Crippen LogP contribution < -0.4 is 0 Å². The number of ether oxygens (including phenoxy) is 1. The van der Waals surface area contributed by atoms with Crippen molar-refractivity contribution in [1.29, 1.82) is 0 Å². The smallest absolute Gasteiger partial charge is 0.377 e. The molecule has 0 N–H and O–H groups in total. The van der Waals surface area contributed by atoms with Crippen molar-refractivity contribution in [2.24, 2.45) is 0 Å². The Bertz CT molecular complexity index is 286. The Balaban J connectivity index is 3.61. The lowest BCUT2D eigenvalue weighted by Crippen LogP contribution is -2.33. The number of hydrogen-bond acceptors (Lipinski definition) is 2. The molecular formula is C17H31F2IO2. The van der Waals surface area contributed by atoms with Crippen molar-refractivity contribution in [2.75, 3.05) is 6.61 Å². The second kappa shape index (κ2) is 13.5. The summed E-state index contributed by atoms with van der Waals surface area (Å²) in [5.74, 6) is -4.73. The highest BCUT2D eigenvalue weighted by atomic mass is 127. The topological polar surface area (TPSA) is 26.3 Å². The predicted molar refractivity (Wildman–Crippen MR) is 95.8 cm³/mol. The quantitative estimate of drug-likeness (QED) is 0.139. The Labute approximate surface area is 147 Å². The molecule has 2 nitrogen and oxygen atoms in total. The van der Waals surface area contributed by atoms with Crippen molar-refractivity contribution in [3.05, 3.63) is 0 Å². The molecule has 0 aliphatic carbocycles. The normalized spacial score (nSPS) is 13.1. The summed E-state index contributed by atoms with van der Waals surface area (Å²) in [5, 5.41) is 0. The van der Waals surface area contributed by atoms with Gasteiger partial charge in [-0.1, -0.05) is 87.3 Å². The summed E-state index contributed by atoms with van der Waals surface area (Å²) in [4.78, 5) is 11.1. The van der Waals surface area contributed by atoms with Crippen LogP contribution in [0.15, 0.2) is 0 Å². The van der Waals surface area contributed by atoms with Crippen LogP contribution in [0.25, 0.3) is 0 Å². The van der Waals surface area contributed by atoms with Gasteiger partial charge in [0.25, 0.3) is 0 Å². The van der Waals surface area contributed by atoms with Crippen LogP contribution in [0.3, 0.4) is 0 Å². The average molecular weight is 432 g/mol. The minimum Gasteiger partial charge on any atom is -0.462 e. The molecule has 0 saturated carbocycles. The van der Waals surface area contributed by atoms with E-state index in [1.54, 1.807) is 0 Å². The summed E-state index contributed by atoms with van der Waals surface area (Å²) in [7, 11) is 0. The molecule has 0 rings (SSSR count). The van der Waals surface area contributed by atoms with Crippen molar-refractivity contribution < 1.29 is 18.3 Å². The molecule has 1 unspecified atom stereocenters. The van der Waals surface area contributed by atoms with Crippen LogP contribution in [0.2, 0.25) is 0 Å². The first-order chi connectivity index (χ1) is 10.4. The van der Waals surface area contributed by atoms with Crippen LogP contribution in [0.5, 0.6) is 0 Å². The van der Waals surface area contributed by atoms with E-state index in [1.807, 2.05) is 22.6 Å². The Morgan fingerprint density at radius 3 is 2.00 bits per heavy atom. The SMILES string of the molecule is CCCCCCCCCCCC(I)CC(F)(F)C(=O)OCC. The van der Waals surface area contributed by atoms with Crippen molar-refractivity contribution in [2.45, 2.75) is 94.3 Å². The largest absolute Gasteiger partial charge is 0.462 e. The fourth-order valence-corrected chi connectivity index (χ4v) is 3.37. The van der Waals surface area contributed by atoms with Crippen molar-refractivity contribution in [1.82, 2.24) is 0 Å². The minimum absolute atomic E-state index is 0.00140. The van der Waals surface area contributed by atoms with Gasteiger partial charge in [0.1, 0.15) is 0 Å². The zero-order valence-corrected chi connectivity index (χ0v) is 16.2. The molecule has 1 atom stereocenters. The van der Waals surface area contributed by atoms with Crippen LogP contribution >= 0.6 is 22.6 Å². The molecule has 0 aromatic heterocycles. The van der Waals surface area contributed by atoms with Gasteiger partial charge in [-0.3, -0.25) is 0 Å². The number of carbonyl (C=O) groups is 1. The number of hydrogen-bond donors (Lipinski definition) is 0. The van der Waals surface area contributed by atoms with E-state index in [4.69, 9.17) is 0 Å². The van der Waals surface area contributed by atoms with Gasteiger partial charge >= 0.3 is 11.9 Å². The molecule has 22 heavy (non-hydrogen) atoms. The molecule has 0 heterocycles. The number of esters is 1. The fourth-order valence-electron chi connectivity index (χ4n) is 2.38. The zero-order valence-electron chi connectivity index (χ0n) is 14.0. The summed E-state index contributed by atoms with van der Waals surface area (Å²) in [6.07, 6.45) is 11.3. The number of halogens is 3. The third-order valence-corrected chi connectivity index (χ3v) is 4.74. The first-order valence-corrected chi connectivity index (χ1v) is 9.87. The summed E-state index contributed by atoms with van der Waals surface area (Å²) < 4.78 is 31.3. The van der Waals surface area contributed by atoms with Crippen molar-refractivity contribution in [3.8, 4) is 0 Å². The van der Waals surface area contributed by atoms with Gasteiger partial charge in [-0.15, -0.1) is 0 Å². The van der Waals surface area contributed by atoms with Gasteiger partial charge in [-0.25, -0.2) is 4.79 Å². The zero-order chi connectivity index (χ0) is 16.8. The molecule has 0 saturated heterocycles. The molecule has 0 aliphatic heterocycles. The molecule has 0 aliphatic rings. The Morgan fingerprint density at radius 2 is 1.50 bits per heavy atom. The number of alkyl halides is 3. The first-order valence-electron chi connectivity index (χ1n) is 8.63. The van der Waals surface area contributed by atoms with E-state index in [2.05, 4.69) is 11.7 Å². The van der Waals surface area contributed by atoms with E-state index >= 15 is 0 Å². The molecule has 0 fully saturated rings. The summed E-state index contributed by atoms with van der Waals surface area (Å²) in [6, 6.07) is 0. The molecule has 0 spiro atoms. The maximum absolute atomic E-state index is 13.6. The monoisotopic (exact) mass is 432 g/mol. The van der Waals surface area contributed by atoms with Crippen LogP contribution in [0.1, 0.15) is 84.5 Å². The summed E-state index contributed by atoms with van der Waals surface area (Å²) >= 11 is 2.02. The van der Waals surface area contributed by atoms with Crippen LogP contribution in [-0.2, 0) is 9.53 Å². The first kappa shape index (κ1) is 22.1. The minimum atomic E-state index is -3.35. The Morgan fingerprint density at radius 1 is 1.00 bits per heavy atom. The van der Waals surface area contributed by atoms with Crippen molar-refractivity contribution >= 4 is 28.6 Å². The molecule has 0 aromatic rings. The number of carbonyl (C=O) groups excluding carboxylic acids is 1. The highest BCUT2D eigenvalue weighted by molar-refractivity contribution is 14.1. The molecule has 0 radical (unpaired) electrons. The lowest BCUT2D eigenvalue weighted by molar-refractivity contribution is -0.172. The van der Waals surface area contributed by atoms with Gasteiger partial charge in [0.05, 0.1) is 6.61 Å². The van der Waals surface area contributed by atoms with E-state index in [0.29, 0.717) is 0 Å². The third-order valence-electron chi connectivity index (χ3n) is 3.67. The predicted octanol–water partition coefficient (Wildman–Crippen LogP) is 6.30. The molecule has 0 bridgehead atoms. The third kappa shape index (κ3) is 11.6. The summed E-state index contributed by atoms with van der Waals surface area (Å²) in [6.45, 7) is 3.75. The highest BCUT2D eigenvalue weighted by Gasteiger charge is 2.41. The Hall–Kier alpha value is 0.0600. The van der Waals surface area contributed by atoms with Crippen LogP contribution in [0.4, 0.5) is 8.78 Å². The van der Waals surface area contributed by atoms with E-state index < -0.39 is 18.3 Å². The van der Waals surface area contributed by atoms with Gasteiger partial charge in [0, 0.05) is 10.3 Å². The molecule has 132 valence electrons. The fraction of sp³-hybridized carbons (Fsp3) is 0.941. The second-order valence-corrected chi connectivity index (χ2v) is 7.61. The lowest BCUT2D eigenvalue weighted by Gasteiger charge is -2.18. The molecule has 0 aromatic carbocycles. The number of rotatable bonds is 14. The van der Waals surface area contributed by atoms with Crippen molar-refractivity contribution in [3.63, 3.8) is 0 Å². The summed E-state index contributed by atoms with van der Waals surface area (Å²) in [5.41, 5.74) is 0. The molecular weight excluding hydrogens is 401 g/mol. The average Bonchev–Trinajstić information content (AvgIpc) is 2.45. The van der Waals surface area contributed by atoms with E-state index in [1.165, 1.54) is 51.9 Å². The molecule has 5 heteroatoms. The van der Waals surface area contributed by atoms with E-state index in [0.717, 1.165) is 19.3 Å². The van der Waals surface area contributed by atoms with Crippen LogP contribution in [-0.4, -0.2) is 22.4 Å². The van der Waals surface area contributed by atoms with E-state index in [-0.39, 0.29) is 10.5 Å². The lowest BCUT2D eigenvalue weighted by atomic mass is 10.0. The second-order valence-electron chi connectivity index (χ2n) is 5.84. The number of unbranched alkanes of at least 4 members (excludes halogenated alkanes) is 8.